The summed E-state index contributed by atoms with van der Waals surface area (Å²) in [5.74, 6) is -1.05. The van der Waals surface area contributed by atoms with E-state index in [1.165, 1.54) is 27.2 Å². The molecule has 1 atom stereocenters. The standard InChI is InChI=1S/C19H18N6O5/c1-19(12-6-4-11(9-20)5-7-12)16(27)25(18(28)24-19)10-13(26)21-17-22-14(29-2)8-15(23-17)30-3/h4-8H,10H2,1-3H3,(H,24,28)(H,21,22,23,26)/t19-/m0/s1. The van der Waals surface area contributed by atoms with Crippen molar-refractivity contribution in [3.05, 3.63) is 41.5 Å². The first-order valence-corrected chi connectivity index (χ1v) is 8.72. The summed E-state index contributed by atoms with van der Waals surface area (Å²) >= 11 is 0. The number of amides is 4. The summed E-state index contributed by atoms with van der Waals surface area (Å²) in [5.41, 5.74) is -0.450. The van der Waals surface area contributed by atoms with Crippen LogP contribution in [0.2, 0.25) is 0 Å². The Kier molecular flexibility index (Phi) is 5.50. The Balaban J connectivity index is 1.75. The lowest BCUT2D eigenvalue weighted by Gasteiger charge is -2.22. The van der Waals surface area contributed by atoms with Crippen LogP contribution in [0.25, 0.3) is 0 Å². The minimum Gasteiger partial charge on any atom is -0.481 e. The fraction of sp³-hybridized carbons (Fsp3) is 0.263. The van der Waals surface area contributed by atoms with Gasteiger partial charge in [-0.15, -0.1) is 0 Å². The molecule has 1 aromatic carbocycles. The monoisotopic (exact) mass is 410 g/mol. The Morgan fingerprint density at radius 3 is 2.33 bits per heavy atom. The maximum Gasteiger partial charge on any atom is 0.325 e. The summed E-state index contributed by atoms with van der Waals surface area (Å²) in [6.07, 6.45) is 0. The number of nitrogens with one attached hydrogen (secondary N) is 2. The maximum atomic E-state index is 12.9. The van der Waals surface area contributed by atoms with Gasteiger partial charge in [0.2, 0.25) is 23.6 Å². The molecule has 2 heterocycles. The fourth-order valence-electron chi connectivity index (χ4n) is 2.89. The van der Waals surface area contributed by atoms with Crippen molar-refractivity contribution in [2.75, 3.05) is 26.1 Å². The molecule has 4 amide bonds. The third-order valence-electron chi connectivity index (χ3n) is 4.52. The SMILES string of the molecule is COc1cc(OC)nc(NC(=O)CN2C(=O)N[C@@](C)(c3ccc(C#N)cc3)C2=O)n1. The highest BCUT2D eigenvalue weighted by Crippen LogP contribution is 2.29. The molecule has 0 aliphatic carbocycles. The lowest BCUT2D eigenvalue weighted by atomic mass is 9.91. The predicted molar refractivity (Wildman–Crippen MR) is 103 cm³/mol. The molecule has 0 unspecified atom stereocenters. The fourth-order valence-corrected chi connectivity index (χ4v) is 2.89. The molecule has 11 nitrogen and oxygen atoms in total. The molecule has 3 rings (SSSR count). The van der Waals surface area contributed by atoms with Gasteiger partial charge in [-0.05, 0) is 24.6 Å². The second-order valence-electron chi connectivity index (χ2n) is 6.46. The van der Waals surface area contributed by atoms with E-state index >= 15 is 0 Å². The highest BCUT2D eigenvalue weighted by Gasteiger charge is 2.49. The Hall–Kier alpha value is -4.20. The van der Waals surface area contributed by atoms with E-state index in [2.05, 4.69) is 20.6 Å². The van der Waals surface area contributed by atoms with E-state index in [0.29, 0.717) is 11.1 Å². The number of carbonyl (C=O) groups is 3. The van der Waals surface area contributed by atoms with Crippen molar-refractivity contribution in [2.45, 2.75) is 12.5 Å². The molecule has 2 N–H and O–H groups in total. The first-order valence-electron chi connectivity index (χ1n) is 8.72. The minimum absolute atomic E-state index is 0.0990. The number of benzene rings is 1. The second-order valence-corrected chi connectivity index (χ2v) is 6.46. The predicted octanol–water partition coefficient (Wildman–Crippen LogP) is 0.771. The quantitative estimate of drug-likeness (QED) is 0.664. The summed E-state index contributed by atoms with van der Waals surface area (Å²) < 4.78 is 10.0. The van der Waals surface area contributed by atoms with Crippen molar-refractivity contribution in [1.82, 2.24) is 20.2 Å². The van der Waals surface area contributed by atoms with E-state index in [-0.39, 0.29) is 17.7 Å². The van der Waals surface area contributed by atoms with Crippen molar-refractivity contribution < 1.29 is 23.9 Å². The average molecular weight is 410 g/mol. The number of anilines is 1. The zero-order valence-electron chi connectivity index (χ0n) is 16.4. The number of nitrogens with zero attached hydrogens (tertiary/aromatic N) is 4. The molecule has 0 saturated carbocycles. The molecular formula is C19H18N6O5. The number of nitriles is 1. The van der Waals surface area contributed by atoms with Crippen LogP contribution in [0.4, 0.5) is 10.7 Å². The molecule has 1 aromatic heterocycles. The number of hydrogen-bond acceptors (Lipinski definition) is 8. The molecule has 11 heteroatoms. The number of aromatic nitrogens is 2. The van der Waals surface area contributed by atoms with Crippen molar-refractivity contribution in [3.8, 4) is 17.8 Å². The molecule has 0 radical (unpaired) electrons. The molecule has 0 bridgehead atoms. The van der Waals surface area contributed by atoms with Gasteiger partial charge in [-0.3, -0.25) is 19.8 Å². The molecule has 2 aromatic rings. The Morgan fingerprint density at radius 2 is 1.80 bits per heavy atom. The largest absolute Gasteiger partial charge is 0.481 e. The summed E-state index contributed by atoms with van der Waals surface area (Å²) in [4.78, 5) is 46.4. The first kappa shape index (κ1) is 20.5. The molecule has 30 heavy (non-hydrogen) atoms. The van der Waals surface area contributed by atoms with E-state index in [9.17, 15) is 14.4 Å². The van der Waals surface area contributed by atoms with Gasteiger partial charge < -0.3 is 14.8 Å². The number of methoxy groups -OCH3 is 2. The van der Waals surface area contributed by atoms with Gasteiger partial charge in [0.1, 0.15) is 12.1 Å². The highest BCUT2D eigenvalue weighted by molar-refractivity contribution is 6.10. The van der Waals surface area contributed by atoms with Crippen LogP contribution < -0.4 is 20.1 Å². The number of carbonyl (C=O) groups excluding carboxylic acids is 3. The van der Waals surface area contributed by atoms with Gasteiger partial charge in [-0.2, -0.15) is 15.2 Å². The van der Waals surface area contributed by atoms with Crippen LogP contribution in [0.15, 0.2) is 30.3 Å². The third-order valence-corrected chi connectivity index (χ3v) is 4.52. The smallest absolute Gasteiger partial charge is 0.325 e. The zero-order chi connectivity index (χ0) is 21.9. The van der Waals surface area contributed by atoms with Crippen LogP contribution in [0.1, 0.15) is 18.1 Å². The van der Waals surface area contributed by atoms with Crippen LogP contribution in [0, 0.1) is 11.3 Å². The normalized spacial score (nSPS) is 17.9. The summed E-state index contributed by atoms with van der Waals surface area (Å²) in [6.45, 7) is 0.988. The van der Waals surface area contributed by atoms with E-state index in [0.717, 1.165) is 4.90 Å². The number of rotatable bonds is 6. The van der Waals surface area contributed by atoms with E-state index in [1.54, 1.807) is 24.3 Å². The van der Waals surface area contributed by atoms with Gasteiger partial charge in [-0.25, -0.2) is 4.79 Å². The first-order chi connectivity index (χ1) is 14.3. The Bertz CT molecular complexity index is 1030. The van der Waals surface area contributed by atoms with Gasteiger partial charge in [0, 0.05) is 0 Å². The summed E-state index contributed by atoms with van der Waals surface area (Å²) in [5, 5.41) is 13.9. The van der Waals surface area contributed by atoms with E-state index < -0.39 is 29.9 Å². The topological polar surface area (TPSA) is 147 Å². The minimum atomic E-state index is -1.36. The van der Waals surface area contributed by atoms with Gasteiger partial charge in [0.25, 0.3) is 5.91 Å². The van der Waals surface area contributed by atoms with Crippen molar-refractivity contribution in [3.63, 3.8) is 0 Å². The number of imide groups is 1. The van der Waals surface area contributed by atoms with E-state index in [4.69, 9.17) is 14.7 Å². The molecule has 0 spiro atoms. The molecular weight excluding hydrogens is 392 g/mol. The molecule has 154 valence electrons. The zero-order valence-corrected chi connectivity index (χ0v) is 16.4. The lowest BCUT2D eigenvalue weighted by molar-refractivity contribution is -0.133. The number of ether oxygens (including phenoxy) is 2. The molecule has 1 fully saturated rings. The molecule has 1 saturated heterocycles. The summed E-state index contributed by atoms with van der Waals surface area (Å²) in [7, 11) is 2.79. The Labute approximate surface area is 171 Å². The van der Waals surface area contributed by atoms with Crippen molar-refractivity contribution >= 4 is 23.8 Å². The van der Waals surface area contributed by atoms with Gasteiger partial charge >= 0.3 is 6.03 Å². The summed E-state index contributed by atoms with van der Waals surface area (Å²) in [6, 6.07) is 8.95. The van der Waals surface area contributed by atoms with Crippen molar-refractivity contribution in [1.29, 1.82) is 5.26 Å². The van der Waals surface area contributed by atoms with Gasteiger partial charge in [0.05, 0.1) is 31.9 Å². The number of hydrogen-bond donors (Lipinski definition) is 2. The maximum absolute atomic E-state index is 12.9. The van der Waals surface area contributed by atoms with Crippen LogP contribution in [0.3, 0.4) is 0 Å². The lowest BCUT2D eigenvalue weighted by Crippen LogP contribution is -2.42. The van der Waals surface area contributed by atoms with Gasteiger partial charge in [0.15, 0.2) is 0 Å². The van der Waals surface area contributed by atoms with Crippen LogP contribution in [0.5, 0.6) is 11.8 Å². The van der Waals surface area contributed by atoms with Gasteiger partial charge in [-0.1, -0.05) is 12.1 Å². The highest BCUT2D eigenvalue weighted by atomic mass is 16.5. The van der Waals surface area contributed by atoms with Crippen LogP contribution >= 0.6 is 0 Å². The average Bonchev–Trinajstić information content (AvgIpc) is 2.97. The second kappa shape index (κ2) is 8.04. The van der Waals surface area contributed by atoms with Crippen LogP contribution in [-0.4, -0.2) is 53.5 Å². The third kappa shape index (κ3) is 3.83. The number of urea groups is 1. The van der Waals surface area contributed by atoms with Crippen LogP contribution in [-0.2, 0) is 15.1 Å². The Morgan fingerprint density at radius 1 is 1.20 bits per heavy atom. The molecule has 1 aliphatic heterocycles. The van der Waals surface area contributed by atoms with Crippen molar-refractivity contribution in [2.24, 2.45) is 0 Å². The van der Waals surface area contributed by atoms with E-state index in [1.807, 2.05) is 6.07 Å². The molecule has 1 aliphatic rings.